The zero-order valence-corrected chi connectivity index (χ0v) is 11.5. The average Bonchev–Trinajstić information content (AvgIpc) is 2.37. The average molecular weight is 235 g/mol. The molecule has 0 aliphatic carbocycles. The summed E-state index contributed by atoms with van der Waals surface area (Å²) >= 11 is 0. The molecule has 1 N–H and O–H groups in total. The molecule has 1 atom stereocenters. The highest BCUT2D eigenvalue weighted by atomic mass is 15.2. The van der Waals surface area contributed by atoms with E-state index in [-0.39, 0.29) is 0 Å². The van der Waals surface area contributed by atoms with Gasteiger partial charge in [0.25, 0.3) is 0 Å². The van der Waals surface area contributed by atoms with Crippen molar-refractivity contribution in [2.24, 2.45) is 0 Å². The number of nitrogens with zero attached hydrogens (tertiary/aromatic N) is 2. The molecule has 17 heavy (non-hydrogen) atoms. The van der Waals surface area contributed by atoms with Gasteiger partial charge in [0.2, 0.25) is 0 Å². The molecule has 3 heteroatoms. The van der Waals surface area contributed by atoms with Gasteiger partial charge in [0.05, 0.1) is 0 Å². The molecule has 3 nitrogen and oxygen atoms in total. The normalized spacial score (nSPS) is 12.2. The van der Waals surface area contributed by atoms with Gasteiger partial charge in [-0.15, -0.1) is 0 Å². The van der Waals surface area contributed by atoms with Gasteiger partial charge in [-0.05, 0) is 38.8 Å². The van der Waals surface area contributed by atoms with Crippen molar-refractivity contribution in [2.45, 2.75) is 46.6 Å². The minimum atomic E-state index is 0.536. The van der Waals surface area contributed by atoms with Gasteiger partial charge in [0.15, 0.2) is 0 Å². The molecule has 0 fully saturated rings. The molecule has 0 radical (unpaired) electrons. The molecule has 1 aromatic heterocycles. The molecule has 96 valence electrons. The second kappa shape index (κ2) is 7.15. The molecule has 0 aliphatic rings. The number of anilines is 2. The monoisotopic (exact) mass is 235 g/mol. The second-order valence-electron chi connectivity index (χ2n) is 4.35. The van der Waals surface area contributed by atoms with Crippen LogP contribution in [0.3, 0.4) is 0 Å². The van der Waals surface area contributed by atoms with E-state index in [4.69, 9.17) is 0 Å². The molecule has 0 saturated heterocycles. The standard InChI is InChI=1S/C14H25N3/c1-5-11-15-13-9-8-10-14(16-13)17(7-3)12(4)6-2/h8-10,12H,5-7,11H2,1-4H3,(H,15,16). The van der Waals surface area contributed by atoms with Crippen molar-refractivity contribution in [1.29, 1.82) is 0 Å². The van der Waals surface area contributed by atoms with Gasteiger partial charge in [-0.2, -0.15) is 0 Å². The number of rotatable bonds is 7. The van der Waals surface area contributed by atoms with Crippen LogP contribution in [0.5, 0.6) is 0 Å². The lowest BCUT2D eigenvalue weighted by Gasteiger charge is -2.28. The van der Waals surface area contributed by atoms with Crippen molar-refractivity contribution < 1.29 is 0 Å². The van der Waals surface area contributed by atoms with Gasteiger partial charge in [0, 0.05) is 19.1 Å². The van der Waals surface area contributed by atoms with Crippen LogP contribution in [0.1, 0.15) is 40.5 Å². The fourth-order valence-corrected chi connectivity index (χ4v) is 1.85. The van der Waals surface area contributed by atoms with E-state index in [1.807, 2.05) is 6.07 Å². The first kappa shape index (κ1) is 13.8. The topological polar surface area (TPSA) is 28.2 Å². The highest BCUT2D eigenvalue weighted by Crippen LogP contribution is 2.17. The van der Waals surface area contributed by atoms with Crippen molar-refractivity contribution in [3.05, 3.63) is 18.2 Å². The molecular formula is C14H25N3. The van der Waals surface area contributed by atoms with Gasteiger partial charge in [-0.1, -0.05) is 19.9 Å². The van der Waals surface area contributed by atoms with Gasteiger partial charge in [0.1, 0.15) is 11.6 Å². The molecule has 0 spiro atoms. The first-order chi connectivity index (χ1) is 8.22. The minimum absolute atomic E-state index is 0.536. The first-order valence-electron chi connectivity index (χ1n) is 6.70. The summed E-state index contributed by atoms with van der Waals surface area (Å²) in [5.41, 5.74) is 0. The van der Waals surface area contributed by atoms with Crippen molar-refractivity contribution in [3.63, 3.8) is 0 Å². The van der Waals surface area contributed by atoms with Crippen LogP contribution in [0.25, 0.3) is 0 Å². The van der Waals surface area contributed by atoms with E-state index in [1.54, 1.807) is 0 Å². The van der Waals surface area contributed by atoms with Crippen LogP contribution in [-0.4, -0.2) is 24.1 Å². The minimum Gasteiger partial charge on any atom is -0.370 e. The maximum absolute atomic E-state index is 4.67. The summed E-state index contributed by atoms with van der Waals surface area (Å²) in [5.74, 6) is 2.05. The lowest BCUT2D eigenvalue weighted by molar-refractivity contribution is 0.623. The number of hydrogen-bond donors (Lipinski definition) is 1. The van der Waals surface area contributed by atoms with Crippen LogP contribution in [0, 0.1) is 0 Å². The number of hydrogen-bond acceptors (Lipinski definition) is 3. The van der Waals surface area contributed by atoms with E-state index in [0.717, 1.165) is 37.6 Å². The summed E-state index contributed by atoms with van der Waals surface area (Å²) in [5, 5.41) is 3.33. The van der Waals surface area contributed by atoms with Crippen molar-refractivity contribution in [2.75, 3.05) is 23.3 Å². The maximum atomic E-state index is 4.67. The Labute approximate surface area is 105 Å². The Balaban J connectivity index is 2.81. The predicted molar refractivity (Wildman–Crippen MR) is 75.8 cm³/mol. The number of nitrogens with one attached hydrogen (secondary N) is 1. The van der Waals surface area contributed by atoms with Crippen LogP contribution in [0.4, 0.5) is 11.6 Å². The number of aromatic nitrogens is 1. The van der Waals surface area contributed by atoms with Gasteiger partial charge in [-0.25, -0.2) is 4.98 Å². The molecule has 0 aliphatic heterocycles. The third kappa shape index (κ3) is 3.91. The van der Waals surface area contributed by atoms with E-state index < -0.39 is 0 Å². The van der Waals surface area contributed by atoms with E-state index in [0.29, 0.717) is 6.04 Å². The van der Waals surface area contributed by atoms with Gasteiger partial charge in [-0.3, -0.25) is 0 Å². The Morgan fingerprint density at radius 3 is 2.65 bits per heavy atom. The molecule has 0 amide bonds. The Kier molecular flexibility index (Phi) is 5.81. The number of pyridine rings is 1. The van der Waals surface area contributed by atoms with E-state index in [1.165, 1.54) is 0 Å². The third-order valence-electron chi connectivity index (χ3n) is 3.05. The summed E-state index contributed by atoms with van der Waals surface area (Å²) in [4.78, 5) is 7.01. The second-order valence-corrected chi connectivity index (χ2v) is 4.35. The first-order valence-corrected chi connectivity index (χ1v) is 6.70. The van der Waals surface area contributed by atoms with Crippen LogP contribution in [0.15, 0.2) is 18.2 Å². The molecule has 0 saturated carbocycles. The fourth-order valence-electron chi connectivity index (χ4n) is 1.85. The third-order valence-corrected chi connectivity index (χ3v) is 3.05. The Morgan fingerprint density at radius 2 is 2.06 bits per heavy atom. The molecular weight excluding hydrogens is 210 g/mol. The molecule has 0 aromatic carbocycles. The van der Waals surface area contributed by atoms with E-state index >= 15 is 0 Å². The van der Waals surface area contributed by atoms with Crippen LogP contribution in [0.2, 0.25) is 0 Å². The molecule has 1 aromatic rings. The quantitative estimate of drug-likeness (QED) is 0.783. The zero-order valence-electron chi connectivity index (χ0n) is 11.5. The Morgan fingerprint density at radius 1 is 1.29 bits per heavy atom. The molecule has 1 unspecified atom stereocenters. The van der Waals surface area contributed by atoms with Gasteiger partial charge < -0.3 is 10.2 Å². The summed E-state index contributed by atoms with van der Waals surface area (Å²) in [6, 6.07) is 6.73. The molecule has 0 bridgehead atoms. The summed E-state index contributed by atoms with van der Waals surface area (Å²) in [7, 11) is 0. The lowest BCUT2D eigenvalue weighted by atomic mass is 10.2. The van der Waals surface area contributed by atoms with Crippen LogP contribution < -0.4 is 10.2 Å². The predicted octanol–water partition coefficient (Wildman–Crippen LogP) is 3.53. The highest BCUT2D eigenvalue weighted by molar-refractivity contribution is 5.47. The van der Waals surface area contributed by atoms with Crippen LogP contribution >= 0.6 is 0 Å². The van der Waals surface area contributed by atoms with Crippen LogP contribution in [-0.2, 0) is 0 Å². The van der Waals surface area contributed by atoms with E-state index in [2.05, 4.69) is 55.0 Å². The van der Waals surface area contributed by atoms with Crippen molar-refractivity contribution in [3.8, 4) is 0 Å². The zero-order chi connectivity index (χ0) is 12.7. The maximum Gasteiger partial charge on any atom is 0.131 e. The highest BCUT2D eigenvalue weighted by Gasteiger charge is 2.12. The summed E-state index contributed by atoms with van der Waals surface area (Å²) in [6.07, 6.45) is 2.26. The lowest BCUT2D eigenvalue weighted by Crippen LogP contribution is -2.33. The molecule has 1 heterocycles. The Hall–Kier alpha value is -1.25. The molecule has 1 rings (SSSR count). The summed E-state index contributed by atoms with van der Waals surface area (Å²) < 4.78 is 0. The smallest absolute Gasteiger partial charge is 0.131 e. The van der Waals surface area contributed by atoms with Crippen molar-refractivity contribution in [1.82, 2.24) is 4.98 Å². The van der Waals surface area contributed by atoms with E-state index in [9.17, 15) is 0 Å². The van der Waals surface area contributed by atoms with Crippen molar-refractivity contribution >= 4 is 11.6 Å². The summed E-state index contributed by atoms with van der Waals surface area (Å²) in [6.45, 7) is 10.8. The SMILES string of the molecule is CCCNc1cccc(N(CC)C(C)CC)n1. The van der Waals surface area contributed by atoms with Gasteiger partial charge >= 0.3 is 0 Å². The fraction of sp³-hybridized carbons (Fsp3) is 0.643. The largest absolute Gasteiger partial charge is 0.370 e. The Bertz CT molecular complexity index is 325.